The van der Waals surface area contributed by atoms with E-state index in [-0.39, 0.29) is 19.4 Å². The molecule has 15 heavy (non-hydrogen) atoms. The minimum Gasteiger partial charge on any atom is -0.390 e. The van der Waals surface area contributed by atoms with Crippen molar-refractivity contribution in [1.29, 1.82) is 0 Å². The van der Waals surface area contributed by atoms with Crippen LogP contribution in [-0.2, 0) is 0 Å². The Balaban J connectivity index is 2.31. The molecule has 0 spiro atoms. The minimum absolute atomic E-state index is 0.0162. The van der Waals surface area contributed by atoms with Crippen LogP contribution in [-0.4, -0.2) is 55.0 Å². The second kappa shape index (κ2) is 4.27. The van der Waals surface area contributed by atoms with Crippen molar-refractivity contribution in [3.8, 4) is 0 Å². The summed E-state index contributed by atoms with van der Waals surface area (Å²) in [6.07, 6.45) is -4.74. The van der Waals surface area contributed by atoms with Crippen LogP contribution >= 0.6 is 0 Å². The molecular formula is C9H17F3N2O. The quantitative estimate of drug-likeness (QED) is 0.720. The monoisotopic (exact) mass is 226 g/mol. The lowest BCUT2D eigenvalue weighted by atomic mass is 10.2. The summed E-state index contributed by atoms with van der Waals surface area (Å²) in [5.74, 6) is 0. The van der Waals surface area contributed by atoms with Crippen LogP contribution in [0.25, 0.3) is 0 Å². The highest BCUT2D eigenvalue weighted by atomic mass is 19.4. The highest BCUT2D eigenvalue weighted by Gasteiger charge is 2.63. The standard InChI is InChI=1S/C9H17F3N2O/c1-14(2)6-7(15)5-13-8(3-4-8)9(10,11)12/h7,13,15H,3-6H2,1-2H3. The molecule has 6 heteroatoms. The van der Waals surface area contributed by atoms with Gasteiger partial charge < -0.3 is 15.3 Å². The van der Waals surface area contributed by atoms with E-state index in [1.807, 2.05) is 0 Å². The van der Waals surface area contributed by atoms with E-state index in [4.69, 9.17) is 0 Å². The summed E-state index contributed by atoms with van der Waals surface area (Å²) in [4.78, 5) is 1.74. The van der Waals surface area contributed by atoms with Crippen molar-refractivity contribution < 1.29 is 18.3 Å². The topological polar surface area (TPSA) is 35.5 Å². The lowest BCUT2D eigenvalue weighted by molar-refractivity contribution is -0.166. The number of β-amino-alcohol motifs (C(OH)–C–C–N with tert-alkyl or cyclic N) is 1. The van der Waals surface area contributed by atoms with Crippen LogP contribution < -0.4 is 5.32 Å². The molecule has 1 rings (SSSR count). The number of aliphatic hydroxyl groups is 1. The Bertz CT molecular complexity index is 214. The van der Waals surface area contributed by atoms with E-state index >= 15 is 0 Å². The molecule has 0 aliphatic heterocycles. The zero-order valence-electron chi connectivity index (χ0n) is 8.93. The highest BCUT2D eigenvalue weighted by molar-refractivity contribution is 5.08. The van der Waals surface area contributed by atoms with Gasteiger partial charge in [0, 0.05) is 13.1 Å². The van der Waals surface area contributed by atoms with Gasteiger partial charge in [0.05, 0.1) is 6.10 Å². The first kappa shape index (κ1) is 12.7. The molecule has 0 radical (unpaired) electrons. The van der Waals surface area contributed by atoms with E-state index in [9.17, 15) is 18.3 Å². The average Bonchev–Trinajstić information content (AvgIpc) is 2.78. The number of nitrogens with one attached hydrogen (secondary N) is 1. The van der Waals surface area contributed by atoms with Gasteiger partial charge in [0.25, 0.3) is 0 Å². The zero-order chi connectivity index (χ0) is 11.7. The van der Waals surface area contributed by atoms with Gasteiger partial charge in [0.15, 0.2) is 0 Å². The Hall–Kier alpha value is -0.330. The van der Waals surface area contributed by atoms with Crippen LogP contribution in [0, 0.1) is 0 Å². The maximum absolute atomic E-state index is 12.5. The lowest BCUT2D eigenvalue weighted by Gasteiger charge is -2.23. The van der Waals surface area contributed by atoms with E-state index in [1.54, 1.807) is 19.0 Å². The highest BCUT2D eigenvalue weighted by Crippen LogP contribution is 2.48. The molecule has 90 valence electrons. The number of hydrogen-bond acceptors (Lipinski definition) is 3. The number of likely N-dealkylation sites (N-methyl/N-ethyl adjacent to an activating group) is 1. The van der Waals surface area contributed by atoms with E-state index in [2.05, 4.69) is 5.32 Å². The van der Waals surface area contributed by atoms with Gasteiger partial charge in [0.1, 0.15) is 5.54 Å². The van der Waals surface area contributed by atoms with E-state index < -0.39 is 17.8 Å². The maximum atomic E-state index is 12.5. The molecule has 0 heterocycles. The molecule has 0 aromatic carbocycles. The molecule has 2 N–H and O–H groups in total. The third-order valence-electron chi connectivity index (χ3n) is 2.54. The van der Waals surface area contributed by atoms with Crippen molar-refractivity contribution in [2.45, 2.75) is 30.7 Å². The van der Waals surface area contributed by atoms with Gasteiger partial charge in [-0.1, -0.05) is 0 Å². The van der Waals surface area contributed by atoms with E-state index in [0.717, 1.165) is 0 Å². The Morgan fingerprint density at radius 2 is 1.93 bits per heavy atom. The Kier molecular flexibility index (Phi) is 3.63. The summed E-state index contributed by atoms with van der Waals surface area (Å²) < 4.78 is 37.4. The first-order valence-electron chi connectivity index (χ1n) is 4.91. The van der Waals surface area contributed by atoms with Gasteiger partial charge in [0.2, 0.25) is 0 Å². The van der Waals surface area contributed by atoms with Gasteiger partial charge in [-0.3, -0.25) is 0 Å². The maximum Gasteiger partial charge on any atom is 0.406 e. The van der Waals surface area contributed by atoms with Gasteiger partial charge in [-0.05, 0) is 26.9 Å². The van der Waals surface area contributed by atoms with Crippen molar-refractivity contribution in [2.75, 3.05) is 27.2 Å². The molecule has 1 fully saturated rings. The summed E-state index contributed by atoms with van der Waals surface area (Å²) >= 11 is 0. The number of hydrogen-bond donors (Lipinski definition) is 2. The Morgan fingerprint density at radius 3 is 2.27 bits per heavy atom. The predicted molar refractivity (Wildman–Crippen MR) is 50.6 cm³/mol. The van der Waals surface area contributed by atoms with Crippen LogP contribution in [0.15, 0.2) is 0 Å². The van der Waals surface area contributed by atoms with E-state index in [0.29, 0.717) is 6.54 Å². The molecule has 1 aliphatic rings. The van der Waals surface area contributed by atoms with E-state index in [1.165, 1.54) is 0 Å². The Labute approximate surface area is 87.3 Å². The van der Waals surface area contributed by atoms with Crippen molar-refractivity contribution in [3.05, 3.63) is 0 Å². The average molecular weight is 226 g/mol. The van der Waals surface area contributed by atoms with Gasteiger partial charge in [-0.2, -0.15) is 13.2 Å². The first-order chi connectivity index (χ1) is 6.77. The van der Waals surface area contributed by atoms with Crippen LogP contribution in [0.1, 0.15) is 12.8 Å². The molecule has 0 aromatic rings. The second-order valence-electron chi connectivity index (χ2n) is 4.38. The largest absolute Gasteiger partial charge is 0.406 e. The fraction of sp³-hybridized carbons (Fsp3) is 1.00. The van der Waals surface area contributed by atoms with Crippen molar-refractivity contribution >= 4 is 0 Å². The van der Waals surface area contributed by atoms with Gasteiger partial charge >= 0.3 is 6.18 Å². The molecule has 3 nitrogen and oxygen atoms in total. The second-order valence-corrected chi connectivity index (χ2v) is 4.38. The van der Waals surface area contributed by atoms with Crippen LogP contribution in [0.4, 0.5) is 13.2 Å². The van der Waals surface area contributed by atoms with Crippen LogP contribution in [0.2, 0.25) is 0 Å². The summed E-state index contributed by atoms with van der Waals surface area (Å²) in [5.41, 5.74) is -1.72. The number of rotatable bonds is 5. The molecule has 1 aliphatic carbocycles. The molecule has 0 amide bonds. The number of halogens is 3. The molecule has 0 aromatic heterocycles. The Morgan fingerprint density at radius 1 is 1.40 bits per heavy atom. The van der Waals surface area contributed by atoms with Crippen molar-refractivity contribution in [1.82, 2.24) is 10.2 Å². The van der Waals surface area contributed by atoms with Crippen molar-refractivity contribution in [2.24, 2.45) is 0 Å². The normalized spacial score (nSPS) is 21.8. The molecule has 1 saturated carbocycles. The third kappa shape index (κ3) is 3.32. The molecule has 0 bridgehead atoms. The lowest BCUT2D eigenvalue weighted by Crippen LogP contribution is -2.49. The summed E-state index contributed by atoms with van der Waals surface area (Å²) in [6, 6.07) is 0. The fourth-order valence-corrected chi connectivity index (χ4v) is 1.48. The fourth-order valence-electron chi connectivity index (χ4n) is 1.48. The third-order valence-corrected chi connectivity index (χ3v) is 2.54. The van der Waals surface area contributed by atoms with Crippen LogP contribution in [0.5, 0.6) is 0 Å². The van der Waals surface area contributed by atoms with Crippen molar-refractivity contribution in [3.63, 3.8) is 0 Å². The zero-order valence-corrected chi connectivity index (χ0v) is 8.93. The summed E-state index contributed by atoms with van der Waals surface area (Å²) in [7, 11) is 3.53. The van der Waals surface area contributed by atoms with Gasteiger partial charge in [-0.15, -0.1) is 0 Å². The SMILES string of the molecule is CN(C)CC(O)CNC1(C(F)(F)F)CC1. The molecule has 1 atom stereocenters. The van der Waals surface area contributed by atoms with Crippen LogP contribution in [0.3, 0.4) is 0 Å². The minimum atomic E-state index is -4.20. The number of nitrogens with zero attached hydrogens (tertiary/aromatic N) is 1. The predicted octanol–water partition coefficient (Wildman–Crippen LogP) is 0.593. The molecule has 1 unspecified atom stereocenters. The summed E-state index contributed by atoms with van der Waals surface area (Å²) in [5, 5.41) is 11.8. The summed E-state index contributed by atoms with van der Waals surface area (Å²) in [6.45, 7) is 0.346. The van der Waals surface area contributed by atoms with Gasteiger partial charge in [-0.25, -0.2) is 0 Å². The molecule has 0 saturated heterocycles. The first-order valence-corrected chi connectivity index (χ1v) is 4.91. The number of alkyl halides is 3. The number of aliphatic hydroxyl groups excluding tert-OH is 1. The smallest absolute Gasteiger partial charge is 0.390 e. The molecular weight excluding hydrogens is 209 g/mol.